The van der Waals surface area contributed by atoms with Crippen LogP contribution in [0.5, 0.6) is 34.5 Å². The van der Waals surface area contributed by atoms with Crippen molar-refractivity contribution >= 4 is 12.2 Å². The van der Waals surface area contributed by atoms with E-state index >= 15 is 0 Å². The highest BCUT2D eigenvalue weighted by Gasteiger charge is 2.22. The van der Waals surface area contributed by atoms with Crippen LogP contribution in [0.4, 0.5) is 0 Å². The Morgan fingerprint density at radius 1 is 0.941 bits per heavy atom. The third-order valence-corrected chi connectivity index (χ3v) is 4.72. The largest absolute Gasteiger partial charge is 0.508 e. The lowest BCUT2D eigenvalue weighted by Crippen LogP contribution is -2.05. The summed E-state index contributed by atoms with van der Waals surface area (Å²) in [5, 5.41) is 42.9. The number of aliphatic carboxylic acids is 1. The van der Waals surface area contributed by atoms with Gasteiger partial charge in [0.25, 0.3) is 0 Å². The van der Waals surface area contributed by atoms with E-state index in [1.54, 1.807) is 24.3 Å². The van der Waals surface area contributed by atoms with Gasteiger partial charge in [0.05, 0.1) is 26.0 Å². The number of phenolic OH excluding ortho intramolecular Hbond substituents is 3. The number of rotatable bonds is 10. The Labute approximate surface area is 194 Å². The summed E-state index contributed by atoms with van der Waals surface area (Å²) in [5.74, 6) is -0.790. The minimum absolute atomic E-state index is 0.0732. The molecule has 0 heterocycles. The van der Waals surface area contributed by atoms with Gasteiger partial charge in [0.2, 0.25) is 6.61 Å². The quantitative estimate of drug-likeness (QED) is 0.258. The molecule has 178 valence electrons. The van der Waals surface area contributed by atoms with Gasteiger partial charge < -0.3 is 39.5 Å². The standard InChI is InChI=1S/C24H23NO9/c1-31-20-12-17(14-3-6-16(26)7-4-14)24(32-2)23(30)22(20)15-5-8-19(18(27)11-15)33-10-9-25-34-13-21(28)29/h3-9,11-12,26-27,30H,10,13H2,1-2H3,(H,28,29). The monoisotopic (exact) mass is 469 g/mol. The van der Waals surface area contributed by atoms with Crippen LogP contribution in [-0.4, -0.2) is 60.0 Å². The summed E-state index contributed by atoms with van der Waals surface area (Å²) in [7, 11) is 2.87. The molecule has 0 amide bonds. The Balaban J connectivity index is 1.91. The Morgan fingerprint density at radius 2 is 1.65 bits per heavy atom. The molecule has 0 aromatic heterocycles. The molecule has 0 saturated heterocycles. The van der Waals surface area contributed by atoms with Crippen molar-refractivity contribution in [3.05, 3.63) is 48.5 Å². The Morgan fingerprint density at radius 3 is 2.26 bits per heavy atom. The van der Waals surface area contributed by atoms with E-state index in [1.165, 1.54) is 44.7 Å². The van der Waals surface area contributed by atoms with E-state index in [0.717, 1.165) is 0 Å². The lowest BCUT2D eigenvalue weighted by Gasteiger charge is -2.18. The van der Waals surface area contributed by atoms with Gasteiger partial charge in [-0.2, -0.15) is 0 Å². The SMILES string of the molecule is COc1cc(-c2ccc(O)cc2)c(OC)c(O)c1-c1ccc(OCC=NOCC(=O)O)c(O)c1. The van der Waals surface area contributed by atoms with Crippen molar-refractivity contribution in [2.24, 2.45) is 5.16 Å². The van der Waals surface area contributed by atoms with E-state index < -0.39 is 12.6 Å². The smallest absolute Gasteiger partial charge is 0.344 e. The van der Waals surface area contributed by atoms with Crippen molar-refractivity contribution in [3.63, 3.8) is 0 Å². The van der Waals surface area contributed by atoms with E-state index in [1.807, 2.05) is 0 Å². The minimum Gasteiger partial charge on any atom is -0.508 e. The summed E-state index contributed by atoms with van der Waals surface area (Å²) >= 11 is 0. The van der Waals surface area contributed by atoms with Crippen molar-refractivity contribution in [2.45, 2.75) is 0 Å². The predicted molar refractivity (Wildman–Crippen MR) is 123 cm³/mol. The van der Waals surface area contributed by atoms with Crippen molar-refractivity contribution in [1.29, 1.82) is 0 Å². The molecule has 0 aliphatic carbocycles. The molecule has 3 aromatic carbocycles. The second-order valence-corrected chi connectivity index (χ2v) is 6.88. The number of methoxy groups -OCH3 is 2. The van der Waals surface area contributed by atoms with Gasteiger partial charge in [0.15, 0.2) is 23.0 Å². The first kappa shape index (κ1) is 24.1. The second-order valence-electron chi connectivity index (χ2n) is 6.88. The fourth-order valence-corrected chi connectivity index (χ4v) is 3.23. The van der Waals surface area contributed by atoms with Gasteiger partial charge in [-0.25, -0.2) is 4.79 Å². The maximum Gasteiger partial charge on any atom is 0.344 e. The maximum atomic E-state index is 11.0. The van der Waals surface area contributed by atoms with E-state index in [0.29, 0.717) is 28.0 Å². The Bertz CT molecular complexity index is 1190. The summed E-state index contributed by atoms with van der Waals surface area (Å²) in [6.07, 6.45) is 1.21. The lowest BCUT2D eigenvalue weighted by molar-refractivity contribution is -0.142. The van der Waals surface area contributed by atoms with E-state index in [-0.39, 0.29) is 35.4 Å². The number of benzene rings is 3. The van der Waals surface area contributed by atoms with Crippen molar-refractivity contribution in [1.82, 2.24) is 0 Å². The zero-order chi connectivity index (χ0) is 24.7. The highest BCUT2D eigenvalue weighted by atomic mass is 16.6. The van der Waals surface area contributed by atoms with Crippen LogP contribution in [0.3, 0.4) is 0 Å². The number of carboxylic acid groups (broad SMARTS) is 1. The zero-order valence-electron chi connectivity index (χ0n) is 18.4. The van der Waals surface area contributed by atoms with Gasteiger partial charge in [-0.3, -0.25) is 0 Å². The minimum atomic E-state index is -1.15. The highest BCUT2D eigenvalue weighted by molar-refractivity contribution is 5.88. The number of oxime groups is 1. The molecule has 0 unspecified atom stereocenters. The topological polar surface area (TPSA) is 147 Å². The fraction of sp³-hybridized carbons (Fsp3) is 0.167. The Kier molecular flexibility index (Phi) is 7.65. The summed E-state index contributed by atoms with van der Waals surface area (Å²) < 4.78 is 16.3. The number of carboxylic acids is 1. The van der Waals surface area contributed by atoms with Gasteiger partial charge in [0.1, 0.15) is 18.1 Å². The molecule has 0 bridgehead atoms. The molecule has 3 aromatic rings. The maximum absolute atomic E-state index is 11.0. The average Bonchev–Trinajstić information content (AvgIpc) is 2.81. The first-order chi connectivity index (χ1) is 16.3. The molecule has 10 heteroatoms. The molecule has 0 spiro atoms. The average molecular weight is 469 g/mol. The molecule has 4 N–H and O–H groups in total. The number of hydrogen-bond donors (Lipinski definition) is 4. The molecule has 3 rings (SSSR count). The third-order valence-electron chi connectivity index (χ3n) is 4.72. The first-order valence-corrected chi connectivity index (χ1v) is 9.94. The Hall–Kier alpha value is -4.60. The van der Waals surface area contributed by atoms with E-state index in [2.05, 4.69) is 9.99 Å². The molecular formula is C24H23NO9. The van der Waals surface area contributed by atoms with Crippen LogP contribution in [0.25, 0.3) is 22.3 Å². The lowest BCUT2D eigenvalue weighted by atomic mass is 9.96. The summed E-state index contributed by atoms with van der Waals surface area (Å²) in [5.41, 5.74) is 1.98. The second kappa shape index (κ2) is 10.8. The first-order valence-electron chi connectivity index (χ1n) is 9.94. The van der Waals surface area contributed by atoms with Gasteiger partial charge in [-0.05, 0) is 41.5 Å². The number of aromatic hydroxyl groups is 3. The van der Waals surface area contributed by atoms with Crippen molar-refractivity contribution < 1.29 is 44.3 Å². The van der Waals surface area contributed by atoms with Gasteiger partial charge in [-0.1, -0.05) is 23.4 Å². The van der Waals surface area contributed by atoms with Crippen LogP contribution < -0.4 is 14.2 Å². The van der Waals surface area contributed by atoms with Crippen LogP contribution in [0.15, 0.2) is 53.7 Å². The molecule has 34 heavy (non-hydrogen) atoms. The van der Waals surface area contributed by atoms with Crippen LogP contribution in [0, 0.1) is 0 Å². The number of ether oxygens (including phenoxy) is 3. The number of carbonyl (C=O) groups is 1. The molecular weight excluding hydrogens is 446 g/mol. The van der Waals surface area contributed by atoms with Gasteiger partial charge in [-0.15, -0.1) is 0 Å². The van der Waals surface area contributed by atoms with Crippen LogP contribution in [-0.2, 0) is 9.63 Å². The summed E-state index contributed by atoms with van der Waals surface area (Å²) in [4.78, 5) is 14.9. The predicted octanol–water partition coefficient (Wildman–Crippen LogP) is 3.62. The molecule has 0 aliphatic rings. The number of hydrogen-bond acceptors (Lipinski definition) is 9. The van der Waals surface area contributed by atoms with Crippen LogP contribution >= 0.6 is 0 Å². The zero-order valence-corrected chi connectivity index (χ0v) is 18.4. The molecule has 10 nitrogen and oxygen atoms in total. The molecule has 0 atom stereocenters. The van der Waals surface area contributed by atoms with Gasteiger partial charge >= 0.3 is 5.97 Å². The molecule has 0 saturated carbocycles. The molecule has 0 fully saturated rings. The van der Waals surface area contributed by atoms with Crippen LogP contribution in [0.1, 0.15) is 0 Å². The van der Waals surface area contributed by atoms with E-state index in [9.17, 15) is 20.1 Å². The molecule has 0 aliphatic heterocycles. The van der Waals surface area contributed by atoms with E-state index in [4.69, 9.17) is 19.3 Å². The molecule has 0 radical (unpaired) electrons. The van der Waals surface area contributed by atoms with Crippen LogP contribution in [0.2, 0.25) is 0 Å². The summed E-state index contributed by atoms with van der Waals surface area (Å²) in [6.45, 7) is -0.646. The van der Waals surface area contributed by atoms with Crippen molar-refractivity contribution in [3.8, 4) is 56.8 Å². The normalized spacial score (nSPS) is 10.8. The summed E-state index contributed by atoms with van der Waals surface area (Å²) in [6, 6.07) is 12.6. The third kappa shape index (κ3) is 5.41. The van der Waals surface area contributed by atoms with Gasteiger partial charge in [0, 0.05) is 5.56 Å². The highest BCUT2D eigenvalue weighted by Crippen LogP contribution is 2.50. The number of nitrogens with zero attached hydrogens (tertiary/aromatic N) is 1. The fourth-order valence-electron chi connectivity index (χ4n) is 3.23. The van der Waals surface area contributed by atoms with Crippen molar-refractivity contribution in [2.75, 3.05) is 27.4 Å². The number of phenols is 3.